The summed E-state index contributed by atoms with van der Waals surface area (Å²) in [4.78, 5) is 30.1. The molecule has 1 amide bonds. The molecule has 6 rings (SSSR count). The Morgan fingerprint density at radius 3 is 2.68 bits per heavy atom. The van der Waals surface area contributed by atoms with Crippen LogP contribution in [0.2, 0.25) is 5.02 Å². The fourth-order valence-corrected chi connectivity index (χ4v) is 6.69. The lowest BCUT2D eigenvalue weighted by molar-refractivity contribution is 0.0272. The number of hydrogen-bond donors (Lipinski definition) is 3. The van der Waals surface area contributed by atoms with E-state index in [1.807, 2.05) is 6.07 Å². The number of carbonyl (C=O) groups is 1. The number of fused-ring (bicyclic) bond motifs is 3. The van der Waals surface area contributed by atoms with Gasteiger partial charge in [0.1, 0.15) is 11.6 Å². The van der Waals surface area contributed by atoms with Gasteiger partial charge in [0.25, 0.3) is 0 Å². The van der Waals surface area contributed by atoms with Crippen molar-refractivity contribution >= 4 is 40.6 Å². The van der Waals surface area contributed by atoms with Gasteiger partial charge in [-0.15, -0.1) is 0 Å². The monoisotopic (exact) mass is 586 g/mol. The SMILES string of the molecule is CNC(=O)O[C@@H]1CC[C@@H](O)[C@H](Nc2ncc(Cl)c(-c3cc(F)c4nc(N5C[C@H]6C[C@@H]5CN6C)n(C(C)C)c4c3)n2)C1. The number of piperazine rings is 1. The number of likely N-dealkylation sites (tertiary alicyclic amines) is 1. The van der Waals surface area contributed by atoms with Crippen LogP contribution in [0.5, 0.6) is 0 Å². The summed E-state index contributed by atoms with van der Waals surface area (Å²) in [7, 11) is 3.66. The van der Waals surface area contributed by atoms with Crippen LogP contribution in [-0.2, 0) is 4.74 Å². The van der Waals surface area contributed by atoms with Gasteiger partial charge < -0.3 is 29.9 Å². The third kappa shape index (κ3) is 5.17. The lowest BCUT2D eigenvalue weighted by Gasteiger charge is -2.33. The van der Waals surface area contributed by atoms with Crippen LogP contribution in [0.25, 0.3) is 22.3 Å². The molecule has 3 N–H and O–H groups in total. The number of ether oxygens (including phenoxy) is 1. The summed E-state index contributed by atoms with van der Waals surface area (Å²) < 4.78 is 23.2. The third-order valence-corrected chi connectivity index (χ3v) is 8.87. The maximum atomic E-state index is 15.7. The highest BCUT2D eigenvalue weighted by atomic mass is 35.5. The number of imidazole rings is 1. The molecule has 3 fully saturated rings. The number of aliphatic hydroxyl groups is 1. The van der Waals surface area contributed by atoms with Gasteiger partial charge in [-0.1, -0.05) is 11.6 Å². The van der Waals surface area contributed by atoms with Crippen molar-refractivity contribution in [1.82, 2.24) is 29.7 Å². The summed E-state index contributed by atoms with van der Waals surface area (Å²) >= 11 is 6.55. The molecule has 3 aromatic rings. The number of aliphatic hydroxyl groups excluding tert-OH is 1. The number of hydrogen-bond acceptors (Lipinski definition) is 9. The molecule has 0 unspecified atom stereocenters. The minimum atomic E-state index is -0.671. The zero-order valence-electron chi connectivity index (χ0n) is 23.6. The molecule has 1 aromatic carbocycles. The number of rotatable bonds is 6. The summed E-state index contributed by atoms with van der Waals surface area (Å²) in [6, 6.07) is 3.76. The van der Waals surface area contributed by atoms with E-state index in [2.05, 4.69) is 55.9 Å². The van der Waals surface area contributed by atoms with Crippen LogP contribution in [0.1, 0.15) is 45.6 Å². The van der Waals surface area contributed by atoms with Crippen molar-refractivity contribution in [3.05, 3.63) is 29.2 Å². The van der Waals surface area contributed by atoms with Gasteiger partial charge in [-0.3, -0.25) is 4.90 Å². The second kappa shape index (κ2) is 10.9. The standard InChI is InChI=1S/C28H36ClFN8O3/c1-14(2)38-22-8-15(7-20(30)25(22)35-27(38)37-13-16-9-17(37)12-36(16)4)24-19(29)11-32-26(34-24)33-21-10-18(5-6-23(21)39)41-28(40)31-3/h7-8,11,14,16-18,21,23,39H,5-6,9-10,12-13H2,1-4H3,(H,31,40)(H,32,33,34)/t16-,17-,18-,21-,23-/m1/s1. The number of benzene rings is 1. The Hall–Kier alpha value is -3.22. The van der Waals surface area contributed by atoms with Crippen molar-refractivity contribution in [2.45, 2.75) is 75.9 Å². The van der Waals surface area contributed by atoms with E-state index < -0.39 is 24.1 Å². The molecule has 11 nitrogen and oxygen atoms in total. The Bertz CT molecular complexity index is 1470. The highest BCUT2D eigenvalue weighted by Crippen LogP contribution is 2.39. The molecule has 0 radical (unpaired) electrons. The lowest BCUT2D eigenvalue weighted by atomic mass is 9.90. The first kappa shape index (κ1) is 27.9. The number of nitrogens with zero attached hydrogens (tertiary/aromatic N) is 6. The van der Waals surface area contributed by atoms with Crippen LogP contribution in [0.15, 0.2) is 18.3 Å². The van der Waals surface area contributed by atoms with Gasteiger partial charge in [0.05, 0.1) is 34.6 Å². The van der Waals surface area contributed by atoms with Crippen molar-refractivity contribution in [3.63, 3.8) is 0 Å². The van der Waals surface area contributed by atoms with Gasteiger partial charge in [0.15, 0.2) is 5.82 Å². The second-order valence-corrected chi connectivity index (χ2v) is 12.0. The number of amides is 1. The summed E-state index contributed by atoms with van der Waals surface area (Å²) in [5.41, 5.74) is 1.88. The first-order chi connectivity index (χ1) is 19.6. The molecule has 4 heterocycles. The molecule has 2 bridgehead atoms. The molecule has 1 aliphatic carbocycles. The number of likely N-dealkylation sites (N-methyl/N-ethyl adjacent to an activating group) is 1. The molecule has 2 saturated heterocycles. The number of halogens is 2. The number of aromatic nitrogens is 4. The number of anilines is 2. The molecular formula is C28H36ClFN8O3. The van der Waals surface area contributed by atoms with Crippen LogP contribution in [0.3, 0.4) is 0 Å². The molecule has 2 aromatic heterocycles. The lowest BCUT2D eigenvalue weighted by Crippen LogP contribution is -2.45. The van der Waals surface area contributed by atoms with E-state index >= 15 is 4.39 Å². The van der Waals surface area contributed by atoms with Crippen LogP contribution in [0.4, 0.5) is 21.1 Å². The van der Waals surface area contributed by atoms with Gasteiger partial charge in [0.2, 0.25) is 11.9 Å². The summed E-state index contributed by atoms with van der Waals surface area (Å²) in [6.07, 6.45) is 2.42. The van der Waals surface area contributed by atoms with E-state index in [4.69, 9.17) is 21.3 Å². The molecule has 220 valence electrons. The Balaban J connectivity index is 1.32. The first-order valence-electron chi connectivity index (χ1n) is 14.2. The first-order valence-corrected chi connectivity index (χ1v) is 14.5. The zero-order valence-corrected chi connectivity index (χ0v) is 24.4. The minimum absolute atomic E-state index is 0.0531. The Morgan fingerprint density at radius 2 is 2.00 bits per heavy atom. The average molecular weight is 587 g/mol. The molecule has 3 aliphatic rings. The largest absolute Gasteiger partial charge is 0.446 e. The van der Waals surface area contributed by atoms with E-state index in [0.717, 1.165) is 25.5 Å². The normalized spacial score (nSPS) is 26.2. The maximum Gasteiger partial charge on any atom is 0.407 e. The Morgan fingerprint density at radius 1 is 1.20 bits per heavy atom. The van der Waals surface area contributed by atoms with E-state index in [0.29, 0.717) is 53.6 Å². The van der Waals surface area contributed by atoms with Crippen molar-refractivity contribution in [2.75, 3.05) is 37.4 Å². The molecular weight excluding hydrogens is 551 g/mol. The van der Waals surface area contributed by atoms with E-state index in [1.165, 1.54) is 19.3 Å². The van der Waals surface area contributed by atoms with E-state index in [1.54, 1.807) is 0 Å². The van der Waals surface area contributed by atoms with Crippen molar-refractivity contribution in [3.8, 4) is 11.3 Å². The predicted octanol–water partition coefficient (Wildman–Crippen LogP) is 3.81. The number of carbonyl (C=O) groups excluding carboxylic acids is 1. The van der Waals surface area contributed by atoms with Gasteiger partial charge in [-0.2, -0.15) is 0 Å². The van der Waals surface area contributed by atoms with Gasteiger partial charge in [-0.05, 0) is 52.3 Å². The van der Waals surface area contributed by atoms with Crippen molar-refractivity contribution < 1.29 is 19.0 Å². The van der Waals surface area contributed by atoms with Crippen molar-refractivity contribution in [1.29, 1.82) is 0 Å². The quantitative estimate of drug-likeness (QED) is 0.396. The highest BCUT2D eigenvalue weighted by Gasteiger charge is 2.43. The van der Waals surface area contributed by atoms with Crippen LogP contribution in [0, 0.1) is 5.82 Å². The topological polar surface area (TPSA) is 121 Å². The Kier molecular flexibility index (Phi) is 7.41. The molecule has 1 saturated carbocycles. The summed E-state index contributed by atoms with van der Waals surface area (Å²) in [5.74, 6) is 0.591. The van der Waals surface area contributed by atoms with Gasteiger partial charge >= 0.3 is 6.09 Å². The minimum Gasteiger partial charge on any atom is -0.446 e. The summed E-state index contributed by atoms with van der Waals surface area (Å²) in [5, 5.41) is 16.5. The zero-order chi connectivity index (χ0) is 29.0. The summed E-state index contributed by atoms with van der Waals surface area (Å²) in [6.45, 7) is 6.00. The number of nitrogens with one attached hydrogen (secondary N) is 2. The average Bonchev–Trinajstić information content (AvgIpc) is 3.63. The van der Waals surface area contributed by atoms with Crippen molar-refractivity contribution in [2.24, 2.45) is 0 Å². The molecule has 13 heteroatoms. The van der Waals surface area contributed by atoms with E-state index in [-0.39, 0.29) is 23.1 Å². The third-order valence-electron chi connectivity index (χ3n) is 8.59. The van der Waals surface area contributed by atoms with Crippen LogP contribution < -0.4 is 15.5 Å². The second-order valence-electron chi connectivity index (χ2n) is 11.6. The maximum absolute atomic E-state index is 15.7. The van der Waals surface area contributed by atoms with Gasteiger partial charge in [0, 0.05) is 50.2 Å². The van der Waals surface area contributed by atoms with Crippen LogP contribution in [-0.4, -0.2) is 93.1 Å². The predicted molar refractivity (Wildman–Crippen MR) is 155 cm³/mol. The smallest absolute Gasteiger partial charge is 0.407 e. The fourth-order valence-electron chi connectivity index (χ4n) is 6.49. The Labute approximate surface area is 243 Å². The molecule has 41 heavy (non-hydrogen) atoms. The molecule has 5 atom stereocenters. The van der Waals surface area contributed by atoms with Crippen LogP contribution >= 0.6 is 11.6 Å². The molecule has 2 aliphatic heterocycles. The number of alkyl carbamates (subject to hydrolysis) is 1. The van der Waals surface area contributed by atoms with Gasteiger partial charge in [-0.25, -0.2) is 24.1 Å². The highest BCUT2D eigenvalue weighted by molar-refractivity contribution is 6.33. The van der Waals surface area contributed by atoms with E-state index in [9.17, 15) is 9.90 Å². The fraction of sp³-hybridized carbons (Fsp3) is 0.571. The molecule has 0 spiro atoms.